The normalized spacial score (nSPS) is 14.1. The Kier molecular flexibility index (Phi) is 7.46. The second kappa shape index (κ2) is 8.58. The van der Waals surface area contributed by atoms with E-state index in [9.17, 15) is 0 Å². The van der Waals surface area contributed by atoms with Gasteiger partial charge in [0.15, 0.2) is 0 Å². The van der Waals surface area contributed by atoms with Gasteiger partial charge < -0.3 is 10.1 Å². The van der Waals surface area contributed by atoms with Gasteiger partial charge in [-0.3, -0.25) is 0 Å². The summed E-state index contributed by atoms with van der Waals surface area (Å²) in [6.07, 6.45) is 1.22. The lowest BCUT2D eigenvalue weighted by Crippen LogP contribution is -2.24. The Hall–Kier alpha value is -0.670. The molecule has 1 aromatic carbocycles. The summed E-state index contributed by atoms with van der Waals surface area (Å²) in [5, 5.41) is 4.30. The van der Waals surface area contributed by atoms with Crippen LogP contribution in [0.4, 0.5) is 0 Å². The van der Waals surface area contributed by atoms with Crippen LogP contribution in [0.3, 0.4) is 0 Å². The van der Waals surface area contributed by atoms with Crippen LogP contribution in [0.2, 0.25) is 0 Å². The minimum atomic E-state index is 0.355. The Labute approximate surface area is 128 Å². The van der Waals surface area contributed by atoms with E-state index in [4.69, 9.17) is 4.74 Å². The molecule has 114 valence electrons. The lowest BCUT2D eigenvalue weighted by molar-refractivity contribution is 0.399. The number of ether oxygens (including phenoxy) is 1. The van der Waals surface area contributed by atoms with E-state index < -0.39 is 0 Å². The Morgan fingerprint density at radius 1 is 1.25 bits per heavy atom. The maximum Gasteiger partial charge on any atom is 0.126 e. The van der Waals surface area contributed by atoms with Gasteiger partial charge in [-0.05, 0) is 37.9 Å². The summed E-state index contributed by atoms with van der Waals surface area (Å²) in [5.74, 6) is 2.13. The lowest BCUT2D eigenvalue weighted by Gasteiger charge is -2.23. The molecule has 3 heteroatoms. The molecule has 1 N–H and O–H groups in total. The SMILES string of the molecule is CCNC(CSC(C)CC)c1ccc(C)c(C)c1OC. The van der Waals surface area contributed by atoms with Crippen molar-refractivity contribution in [2.45, 2.75) is 52.3 Å². The number of rotatable bonds is 8. The quantitative estimate of drug-likeness (QED) is 0.763. The third-order valence-electron chi connectivity index (χ3n) is 3.86. The molecule has 0 amide bonds. The molecular formula is C17H29NOS. The molecule has 0 saturated carbocycles. The maximum atomic E-state index is 5.67. The second-order valence-electron chi connectivity index (χ2n) is 5.29. The van der Waals surface area contributed by atoms with Gasteiger partial charge >= 0.3 is 0 Å². The topological polar surface area (TPSA) is 21.3 Å². The molecule has 0 aromatic heterocycles. The van der Waals surface area contributed by atoms with E-state index in [1.165, 1.54) is 23.1 Å². The largest absolute Gasteiger partial charge is 0.496 e. The number of benzene rings is 1. The highest BCUT2D eigenvalue weighted by molar-refractivity contribution is 7.99. The minimum absolute atomic E-state index is 0.355. The number of thioether (sulfide) groups is 1. The predicted octanol–water partition coefficient (Wildman–Crippen LogP) is 4.49. The highest BCUT2D eigenvalue weighted by atomic mass is 32.2. The van der Waals surface area contributed by atoms with Crippen LogP contribution in [-0.4, -0.2) is 24.7 Å². The van der Waals surface area contributed by atoms with Crippen LogP contribution >= 0.6 is 11.8 Å². The van der Waals surface area contributed by atoms with E-state index in [1.807, 2.05) is 11.8 Å². The summed E-state index contributed by atoms with van der Waals surface area (Å²) in [7, 11) is 1.77. The molecule has 1 aromatic rings. The molecule has 2 atom stereocenters. The van der Waals surface area contributed by atoms with Gasteiger partial charge in [-0.15, -0.1) is 0 Å². The molecular weight excluding hydrogens is 266 g/mol. The number of nitrogens with one attached hydrogen (secondary N) is 1. The van der Waals surface area contributed by atoms with Crippen LogP contribution in [-0.2, 0) is 0 Å². The molecule has 2 unspecified atom stereocenters. The standard InChI is InChI=1S/C17H29NOS/c1-7-13(4)20-11-16(18-8-2)15-10-9-12(3)14(5)17(15)19-6/h9-10,13,16,18H,7-8,11H2,1-6H3. The molecule has 20 heavy (non-hydrogen) atoms. The van der Waals surface area contributed by atoms with Crippen molar-refractivity contribution in [2.75, 3.05) is 19.4 Å². The van der Waals surface area contributed by atoms with Crippen molar-refractivity contribution in [3.05, 3.63) is 28.8 Å². The van der Waals surface area contributed by atoms with Crippen LogP contribution in [0.15, 0.2) is 12.1 Å². The summed E-state index contributed by atoms with van der Waals surface area (Å²) in [6, 6.07) is 4.77. The molecule has 0 heterocycles. The van der Waals surface area contributed by atoms with Crippen LogP contribution in [0.25, 0.3) is 0 Å². The van der Waals surface area contributed by atoms with E-state index in [0.717, 1.165) is 18.0 Å². The van der Waals surface area contributed by atoms with Crippen molar-refractivity contribution in [1.29, 1.82) is 0 Å². The minimum Gasteiger partial charge on any atom is -0.496 e. The monoisotopic (exact) mass is 295 g/mol. The zero-order valence-electron chi connectivity index (χ0n) is 13.7. The summed E-state index contributed by atoms with van der Waals surface area (Å²) >= 11 is 2.03. The number of aryl methyl sites for hydroxylation is 1. The average molecular weight is 295 g/mol. The molecule has 0 spiro atoms. The third kappa shape index (κ3) is 4.42. The van der Waals surface area contributed by atoms with Gasteiger partial charge in [0.1, 0.15) is 5.75 Å². The molecule has 0 aliphatic heterocycles. The van der Waals surface area contributed by atoms with Crippen molar-refractivity contribution in [3.63, 3.8) is 0 Å². The first kappa shape index (κ1) is 17.4. The first-order valence-corrected chi connectivity index (χ1v) is 8.59. The van der Waals surface area contributed by atoms with Gasteiger partial charge in [0, 0.05) is 22.6 Å². The molecule has 0 aliphatic rings. The van der Waals surface area contributed by atoms with Crippen LogP contribution in [0, 0.1) is 13.8 Å². The summed E-state index contributed by atoms with van der Waals surface area (Å²) in [5.41, 5.74) is 3.82. The third-order valence-corrected chi connectivity index (χ3v) is 5.29. The van der Waals surface area contributed by atoms with Crippen molar-refractivity contribution in [3.8, 4) is 5.75 Å². The van der Waals surface area contributed by atoms with Crippen molar-refractivity contribution in [1.82, 2.24) is 5.32 Å². The van der Waals surface area contributed by atoms with Crippen molar-refractivity contribution < 1.29 is 4.74 Å². The highest BCUT2D eigenvalue weighted by Gasteiger charge is 2.18. The smallest absolute Gasteiger partial charge is 0.126 e. The molecule has 1 rings (SSSR count). The van der Waals surface area contributed by atoms with Crippen LogP contribution < -0.4 is 10.1 Å². The second-order valence-corrected chi connectivity index (χ2v) is 6.76. The van der Waals surface area contributed by atoms with Gasteiger partial charge in [-0.2, -0.15) is 11.8 Å². The maximum absolute atomic E-state index is 5.67. The Morgan fingerprint density at radius 3 is 2.50 bits per heavy atom. The molecule has 0 bridgehead atoms. The first-order chi connectivity index (χ1) is 9.54. The Balaban J connectivity index is 2.99. The zero-order chi connectivity index (χ0) is 15.1. The molecule has 0 saturated heterocycles. The molecule has 0 fully saturated rings. The first-order valence-electron chi connectivity index (χ1n) is 7.54. The van der Waals surface area contributed by atoms with Gasteiger partial charge in [0.25, 0.3) is 0 Å². The summed E-state index contributed by atoms with van der Waals surface area (Å²) in [4.78, 5) is 0. The zero-order valence-corrected chi connectivity index (χ0v) is 14.6. The van der Waals surface area contributed by atoms with Gasteiger partial charge in [0.05, 0.1) is 7.11 Å². The highest BCUT2D eigenvalue weighted by Crippen LogP contribution is 2.33. The predicted molar refractivity (Wildman–Crippen MR) is 91.1 cm³/mol. The van der Waals surface area contributed by atoms with E-state index in [0.29, 0.717) is 11.3 Å². The van der Waals surface area contributed by atoms with Crippen LogP contribution in [0.1, 0.15) is 49.9 Å². The molecule has 0 aliphatic carbocycles. The number of hydrogen-bond donors (Lipinski definition) is 1. The van der Waals surface area contributed by atoms with E-state index in [1.54, 1.807) is 7.11 Å². The number of hydrogen-bond acceptors (Lipinski definition) is 3. The number of methoxy groups -OCH3 is 1. The van der Waals surface area contributed by atoms with E-state index >= 15 is 0 Å². The van der Waals surface area contributed by atoms with E-state index in [-0.39, 0.29) is 0 Å². The molecule has 0 radical (unpaired) electrons. The van der Waals surface area contributed by atoms with Crippen molar-refractivity contribution >= 4 is 11.8 Å². The molecule has 2 nitrogen and oxygen atoms in total. The Bertz CT molecular complexity index is 420. The van der Waals surface area contributed by atoms with Gasteiger partial charge in [-0.1, -0.05) is 32.9 Å². The van der Waals surface area contributed by atoms with Crippen LogP contribution in [0.5, 0.6) is 5.75 Å². The summed E-state index contributed by atoms with van der Waals surface area (Å²) < 4.78 is 5.67. The van der Waals surface area contributed by atoms with Gasteiger partial charge in [-0.25, -0.2) is 0 Å². The van der Waals surface area contributed by atoms with Gasteiger partial charge in [0.2, 0.25) is 0 Å². The van der Waals surface area contributed by atoms with E-state index in [2.05, 4.69) is 52.1 Å². The lowest BCUT2D eigenvalue weighted by atomic mass is 10.00. The Morgan fingerprint density at radius 2 is 1.95 bits per heavy atom. The van der Waals surface area contributed by atoms with Crippen molar-refractivity contribution in [2.24, 2.45) is 0 Å². The fourth-order valence-electron chi connectivity index (χ4n) is 2.24. The fourth-order valence-corrected chi connectivity index (χ4v) is 3.29. The average Bonchev–Trinajstić information content (AvgIpc) is 2.45. The fraction of sp³-hybridized carbons (Fsp3) is 0.647. The summed E-state index contributed by atoms with van der Waals surface area (Å²) in [6.45, 7) is 12.0.